The third-order valence-corrected chi connectivity index (χ3v) is 18.3. The number of carboxylic acid groups (broad SMARTS) is 1. The van der Waals surface area contributed by atoms with E-state index in [2.05, 4.69) is 115 Å². The summed E-state index contributed by atoms with van der Waals surface area (Å²) in [6.45, 7) is 3.42. The zero-order valence-corrected chi connectivity index (χ0v) is 66.6. The zero-order chi connectivity index (χ0) is 86.4. The number of nitrogens with zero attached hydrogens (tertiary/aromatic N) is 3. The van der Waals surface area contributed by atoms with Crippen molar-refractivity contribution in [2.24, 2.45) is 66.9 Å². The summed E-state index contributed by atoms with van der Waals surface area (Å²) in [6, 6.07) is -2.56. The molecule has 2 rings (SSSR count). The Morgan fingerprint density at radius 2 is 0.704 bits per heavy atom. The molecule has 0 radical (unpaired) electrons. The van der Waals surface area contributed by atoms with Crippen LogP contribution >= 0.6 is 25.3 Å². The van der Waals surface area contributed by atoms with Crippen LogP contribution in [0.4, 0.5) is 0 Å². The van der Waals surface area contributed by atoms with Gasteiger partial charge in [-0.15, -0.1) is 0 Å². The average molecular weight is 1660 g/mol. The number of carbonyl (C=O) groups excluding carboxylic acids is 14. The van der Waals surface area contributed by atoms with Crippen molar-refractivity contribution < 1.29 is 92.3 Å². The lowest BCUT2D eigenvalue weighted by Gasteiger charge is -2.30. The van der Waals surface area contributed by atoms with Crippen LogP contribution in [-0.4, -0.2) is 270 Å². The molecule has 2 aromatic rings. The molecule has 0 heterocycles. The standard InChI is InChI=1S/C70H114N24O19S2/c1-6-36(3)53(93-58(103)42(21-14-24-78-68(72)73)84-52(99)30-81-51(98)29-82-57(102)45(27-39-17-10-8-11-18-39)87-55(100)38(5)83-63(108)49(34-114)91-62(107)47(32-96)89-56(101)41(71)31-95)65(110)90-48(33-97)61(106)85-43(22-15-25-79-69(74)75)59(104)94-54(37(4)7-2)66(111)92-50(35-115)64(109)88-46(28-40-19-12-9-13-20-40)60(105)86-44(67(112)113)23-16-26-80-70(76)77/h8-13,17-20,36-38,41-50,53-54,95-97,114-115H,6-7,14-16,21-35,71H2,1-5H3,(H,81,98)(H,82,102)(H,83,108)(H,84,99)(H,85,106)(H,86,105)(H,87,100)(H,88,109)(H,89,101)(H,90,110)(H,91,107)(H,92,111)(H,93,103)(H,94,104)(H,112,113)(H4,72,73,78)(H4,74,75,79)(H4,76,77,80)/t36-,37-,38+,41-,42-,43-,44-,45-,46-,47-,48-,49-,50-,53-,54-/m0/s1. The van der Waals surface area contributed by atoms with Crippen LogP contribution in [0.3, 0.4) is 0 Å². The number of hydrogen-bond acceptors (Lipinski definition) is 24. The number of aliphatic hydroxyl groups is 3. The number of aliphatic carboxylic acids is 1. The van der Waals surface area contributed by atoms with E-state index in [4.69, 9.17) is 45.2 Å². The SMILES string of the molecule is CC[C@H](C)[C@H](NC(=O)[C@H](CCCN=C(N)N)NC(=O)CNC(=O)CNC(=O)[C@H](Cc1ccccc1)NC(=O)[C@@H](C)NC(=O)[C@H](CS)NC(=O)[C@H](CO)NC(=O)[C@@H](N)CO)C(=O)N[C@@H](CO)C(=O)N[C@@H](CCCN=C(N)N)C(=O)N[C@H](C(=O)N[C@@H](CS)C(=O)N[C@@H](Cc1ccccc1)C(=O)N[C@@H](CCCN=C(N)N)C(=O)O)[C@@H](C)CC. The van der Waals surface area contributed by atoms with E-state index in [1.807, 2.05) is 0 Å². The average Bonchev–Trinajstić information content (AvgIpc) is 0.849. The first-order chi connectivity index (χ1) is 54.5. The topological polar surface area (TPSA) is 725 Å². The maximum atomic E-state index is 14.5. The minimum Gasteiger partial charge on any atom is -0.480 e. The van der Waals surface area contributed by atoms with Gasteiger partial charge in [-0.2, -0.15) is 25.3 Å². The summed E-state index contributed by atoms with van der Waals surface area (Å²) in [7, 11) is 0. The zero-order valence-electron chi connectivity index (χ0n) is 64.8. The second-order valence-corrected chi connectivity index (χ2v) is 27.4. The van der Waals surface area contributed by atoms with Crippen molar-refractivity contribution in [1.82, 2.24) is 74.4 Å². The molecule has 0 unspecified atom stereocenters. The third-order valence-electron chi connectivity index (χ3n) is 17.6. The largest absolute Gasteiger partial charge is 0.480 e. The number of carbonyl (C=O) groups is 15. The van der Waals surface area contributed by atoms with Crippen LogP contribution in [0.25, 0.3) is 0 Å². The van der Waals surface area contributed by atoms with Crippen molar-refractivity contribution in [1.29, 1.82) is 0 Å². The molecule has 0 saturated heterocycles. The fourth-order valence-electron chi connectivity index (χ4n) is 10.5. The second kappa shape index (κ2) is 53.8. The number of benzene rings is 2. The predicted molar refractivity (Wildman–Crippen MR) is 428 cm³/mol. The minimum absolute atomic E-state index is 0.0258. The molecule has 0 aliphatic carbocycles. The van der Waals surface area contributed by atoms with Gasteiger partial charge in [-0.3, -0.25) is 82.1 Å². The first-order valence-electron chi connectivity index (χ1n) is 36.9. The van der Waals surface area contributed by atoms with E-state index in [-0.39, 0.29) is 113 Å². The molecule has 640 valence electrons. The number of thiol groups is 2. The number of rotatable bonds is 54. The highest BCUT2D eigenvalue weighted by Gasteiger charge is 2.38. The molecule has 0 spiro atoms. The molecular weight excluding hydrogens is 1550 g/mol. The van der Waals surface area contributed by atoms with Crippen molar-refractivity contribution in [3.05, 3.63) is 71.8 Å². The molecule has 0 aromatic heterocycles. The van der Waals surface area contributed by atoms with Gasteiger partial charge in [0.05, 0.1) is 32.9 Å². The summed E-state index contributed by atoms with van der Waals surface area (Å²) >= 11 is 8.40. The number of amides is 14. The molecule has 0 aliphatic heterocycles. The molecule has 32 N–H and O–H groups in total. The maximum Gasteiger partial charge on any atom is 0.326 e. The lowest BCUT2D eigenvalue weighted by atomic mass is 9.96. The van der Waals surface area contributed by atoms with Gasteiger partial charge in [0.15, 0.2) is 17.9 Å². The summed E-state index contributed by atoms with van der Waals surface area (Å²) < 4.78 is 0. The summed E-state index contributed by atoms with van der Waals surface area (Å²) in [5, 5.41) is 73.7. The monoisotopic (exact) mass is 1660 g/mol. The van der Waals surface area contributed by atoms with Gasteiger partial charge in [0.1, 0.15) is 78.5 Å². The quantitative estimate of drug-likeness (QED) is 0.0127. The lowest BCUT2D eigenvalue weighted by molar-refractivity contribution is -0.142. The Bertz CT molecular complexity index is 3640. The molecule has 45 heteroatoms. The smallest absolute Gasteiger partial charge is 0.326 e. The van der Waals surface area contributed by atoms with Gasteiger partial charge in [0.2, 0.25) is 82.7 Å². The van der Waals surface area contributed by atoms with Crippen molar-refractivity contribution >= 4 is 132 Å². The molecule has 43 nitrogen and oxygen atoms in total. The summed E-state index contributed by atoms with van der Waals surface area (Å²) in [4.78, 5) is 216. The molecule has 0 saturated carbocycles. The number of nitrogens with two attached hydrogens (primary N) is 7. The normalized spacial score (nSPS) is 14.8. The van der Waals surface area contributed by atoms with Gasteiger partial charge >= 0.3 is 5.97 Å². The van der Waals surface area contributed by atoms with Crippen LogP contribution < -0.4 is 115 Å². The summed E-state index contributed by atoms with van der Waals surface area (Å²) in [5.41, 5.74) is 39.5. The number of aliphatic hydroxyl groups excluding tert-OH is 3. The van der Waals surface area contributed by atoms with Gasteiger partial charge < -0.3 is 135 Å². The molecule has 115 heavy (non-hydrogen) atoms. The van der Waals surface area contributed by atoms with Gasteiger partial charge in [0, 0.05) is 44.0 Å². The van der Waals surface area contributed by atoms with E-state index in [9.17, 15) is 87.2 Å². The van der Waals surface area contributed by atoms with E-state index in [1.54, 1.807) is 88.4 Å². The lowest BCUT2D eigenvalue weighted by Crippen LogP contribution is -2.62. The Hall–Kier alpha value is -11.2. The highest BCUT2D eigenvalue weighted by Crippen LogP contribution is 2.15. The Kier molecular flexibility index (Phi) is 46.7. The van der Waals surface area contributed by atoms with Crippen LogP contribution in [0.2, 0.25) is 0 Å². The number of hydrogen-bond donors (Lipinski definition) is 27. The summed E-state index contributed by atoms with van der Waals surface area (Å²) in [6.07, 6.45) is -0.0331. The first kappa shape index (κ1) is 99.9. The fourth-order valence-corrected chi connectivity index (χ4v) is 11.1. The van der Waals surface area contributed by atoms with Crippen molar-refractivity contribution in [2.45, 2.75) is 177 Å². The van der Waals surface area contributed by atoms with Gasteiger partial charge in [-0.1, -0.05) is 101 Å². The van der Waals surface area contributed by atoms with Crippen LogP contribution in [0.1, 0.15) is 97.1 Å². The van der Waals surface area contributed by atoms with E-state index in [1.165, 1.54) is 6.92 Å². The molecule has 0 bridgehead atoms. The number of nitrogens with one attached hydrogen (secondary N) is 14. The Morgan fingerprint density at radius 1 is 0.374 bits per heavy atom. The van der Waals surface area contributed by atoms with E-state index < -0.39 is 212 Å². The van der Waals surface area contributed by atoms with Gasteiger partial charge in [-0.05, 0) is 68.4 Å². The molecule has 0 fully saturated rings. The molecule has 14 amide bonds. The van der Waals surface area contributed by atoms with Crippen LogP contribution in [0.15, 0.2) is 75.6 Å². The number of carboxylic acids is 1. The van der Waals surface area contributed by atoms with Crippen LogP contribution in [-0.2, 0) is 84.8 Å². The second-order valence-electron chi connectivity index (χ2n) is 26.7. The highest BCUT2D eigenvalue weighted by molar-refractivity contribution is 7.80. The molecular formula is C70H114N24O19S2. The maximum absolute atomic E-state index is 14.5. The minimum atomic E-state index is -1.83. The van der Waals surface area contributed by atoms with E-state index in [0.717, 1.165) is 0 Å². The van der Waals surface area contributed by atoms with Crippen LogP contribution in [0.5, 0.6) is 0 Å². The number of aliphatic imine (C=N–C) groups is 3. The Balaban J connectivity index is 2.34. The first-order valence-corrected chi connectivity index (χ1v) is 38.2. The fraction of sp³-hybridized carbons (Fsp3) is 0.571. The van der Waals surface area contributed by atoms with Gasteiger partial charge in [-0.25, -0.2) is 4.79 Å². The highest BCUT2D eigenvalue weighted by atomic mass is 32.1. The molecule has 15 atom stereocenters. The van der Waals surface area contributed by atoms with Crippen LogP contribution in [0, 0.1) is 11.8 Å². The predicted octanol–water partition coefficient (Wildman–Crippen LogP) is -9.96. The van der Waals surface area contributed by atoms with Crippen molar-refractivity contribution in [3.8, 4) is 0 Å². The Morgan fingerprint density at radius 3 is 1.11 bits per heavy atom. The summed E-state index contributed by atoms with van der Waals surface area (Å²) in [5.74, 6) is -17.7. The van der Waals surface area contributed by atoms with Crippen molar-refractivity contribution in [2.75, 3.05) is 64.1 Å². The van der Waals surface area contributed by atoms with E-state index >= 15 is 0 Å². The molecule has 2 aromatic carbocycles. The molecule has 0 aliphatic rings. The van der Waals surface area contributed by atoms with Crippen molar-refractivity contribution in [3.63, 3.8) is 0 Å². The van der Waals surface area contributed by atoms with Gasteiger partial charge in [0.25, 0.3) is 0 Å². The Labute approximate surface area is 675 Å². The number of guanidine groups is 3. The third kappa shape index (κ3) is 38.0. The van der Waals surface area contributed by atoms with E-state index in [0.29, 0.717) is 11.1 Å².